The number of hydrogen-bond donors (Lipinski definition) is 3. The van der Waals surface area contributed by atoms with Gasteiger partial charge in [-0.1, -0.05) is 6.07 Å². The number of carbonyl (C=O) groups excluding carboxylic acids is 1. The molecule has 8 nitrogen and oxygen atoms in total. The number of piperazine rings is 1. The normalized spacial score (nSPS) is 18.7. The van der Waals surface area contributed by atoms with E-state index in [9.17, 15) is 13.2 Å². The molecule has 0 aromatic heterocycles. The third-order valence-corrected chi connectivity index (χ3v) is 8.06. The smallest absolute Gasteiger partial charge is 0.262 e. The molecule has 4 rings (SSSR count). The Hall–Kier alpha value is -2.62. The van der Waals surface area contributed by atoms with Crippen molar-refractivity contribution >= 4 is 27.3 Å². The zero-order chi connectivity index (χ0) is 24.3. The molecule has 0 spiro atoms. The first-order chi connectivity index (χ1) is 16.2. The number of nitrogens with one attached hydrogen (secondary N) is 3. The molecule has 1 amide bonds. The van der Waals surface area contributed by atoms with Crippen LogP contribution in [0.4, 0.5) is 11.4 Å². The first-order valence-electron chi connectivity index (χ1n) is 11.8. The maximum Gasteiger partial charge on any atom is 0.262 e. The van der Waals surface area contributed by atoms with E-state index in [0.717, 1.165) is 62.4 Å². The second-order valence-electron chi connectivity index (χ2n) is 9.12. The van der Waals surface area contributed by atoms with Crippen LogP contribution in [0, 0.1) is 20.8 Å². The van der Waals surface area contributed by atoms with E-state index in [4.69, 9.17) is 4.74 Å². The van der Waals surface area contributed by atoms with Gasteiger partial charge < -0.3 is 20.3 Å². The van der Waals surface area contributed by atoms with Crippen molar-refractivity contribution in [3.05, 3.63) is 52.6 Å². The van der Waals surface area contributed by atoms with Crippen LogP contribution in [-0.2, 0) is 14.8 Å². The average Bonchev–Trinajstić information content (AvgIpc) is 3.34. The second-order valence-corrected chi connectivity index (χ2v) is 10.8. The molecule has 3 N–H and O–H groups in total. The van der Waals surface area contributed by atoms with Crippen molar-refractivity contribution < 1.29 is 17.9 Å². The lowest BCUT2D eigenvalue weighted by atomic mass is 10.1. The van der Waals surface area contributed by atoms with Gasteiger partial charge in [0.1, 0.15) is 0 Å². The number of aryl methyl sites for hydroxylation is 3. The van der Waals surface area contributed by atoms with Crippen molar-refractivity contribution in [2.45, 2.75) is 44.6 Å². The Labute approximate surface area is 202 Å². The molecule has 2 aromatic carbocycles. The van der Waals surface area contributed by atoms with Crippen LogP contribution in [0.5, 0.6) is 0 Å². The molecule has 0 unspecified atom stereocenters. The predicted molar refractivity (Wildman–Crippen MR) is 134 cm³/mol. The minimum absolute atomic E-state index is 0.0369. The lowest BCUT2D eigenvalue weighted by Gasteiger charge is -2.31. The molecular formula is C25H34N4O4S. The summed E-state index contributed by atoms with van der Waals surface area (Å²) in [5.74, 6) is -0.245. The lowest BCUT2D eigenvalue weighted by molar-refractivity contribution is 0.0858. The van der Waals surface area contributed by atoms with Gasteiger partial charge in [-0.05, 0) is 74.6 Å². The molecule has 0 aliphatic carbocycles. The quantitative estimate of drug-likeness (QED) is 0.557. The summed E-state index contributed by atoms with van der Waals surface area (Å²) in [6.07, 6.45) is 1.97. The van der Waals surface area contributed by atoms with Gasteiger partial charge in [-0.3, -0.25) is 9.52 Å². The molecule has 0 bridgehead atoms. The molecular weight excluding hydrogens is 452 g/mol. The summed E-state index contributed by atoms with van der Waals surface area (Å²) in [5, 5.41) is 6.23. The Bertz CT molecular complexity index is 1150. The number of amides is 1. The molecule has 0 radical (unpaired) electrons. The van der Waals surface area contributed by atoms with E-state index in [1.54, 1.807) is 25.1 Å². The van der Waals surface area contributed by atoms with Crippen LogP contribution in [0.3, 0.4) is 0 Å². The maximum absolute atomic E-state index is 13.4. The highest BCUT2D eigenvalue weighted by molar-refractivity contribution is 7.92. The van der Waals surface area contributed by atoms with Crippen LogP contribution < -0.4 is 20.3 Å². The van der Waals surface area contributed by atoms with E-state index < -0.39 is 10.0 Å². The highest BCUT2D eigenvalue weighted by Crippen LogP contribution is 2.31. The largest absolute Gasteiger partial charge is 0.376 e. The number of anilines is 2. The van der Waals surface area contributed by atoms with Crippen LogP contribution in [0.15, 0.2) is 35.2 Å². The van der Waals surface area contributed by atoms with E-state index in [1.165, 1.54) is 0 Å². The zero-order valence-corrected chi connectivity index (χ0v) is 20.9. The van der Waals surface area contributed by atoms with Crippen LogP contribution in [0.2, 0.25) is 0 Å². The van der Waals surface area contributed by atoms with Gasteiger partial charge in [-0.15, -0.1) is 0 Å². The van der Waals surface area contributed by atoms with Gasteiger partial charge in [0.25, 0.3) is 15.9 Å². The van der Waals surface area contributed by atoms with Gasteiger partial charge in [0.05, 0.1) is 22.4 Å². The molecule has 184 valence electrons. The number of hydrogen-bond acceptors (Lipinski definition) is 6. The number of rotatable bonds is 7. The molecule has 2 heterocycles. The summed E-state index contributed by atoms with van der Waals surface area (Å²) in [6.45, 7) is 9.96. The van der Waals surface area contributed by atoms with E-state index in [0.29, 0.717) is 23.4 Å². The molecule has 2 aliphatic rings. The molecule has 9 heteroatoms. The van der Waals surface area contributed by atoms with Crippen molar-refractivity contribution in [1.29, 1.82) is 0 Å². The highest BCUT2D eigenvalue weighted by atomic mass is 32.2. The summed E-state index contributed by atoms with van der Waals surface area (Å²) in [4.78, 5) is 15.2. The second kappa shape index (κ2) is 10.3. The van der Waals surface area contributed by atoms with Gasteiger partial charge in [0.2, 0.25) is 0 Å². The van der Waals surface area contributed by atoms with Crippen molar-refractivity contribution in [3.8, 4) is 0 Å². The third-order valence-electron chi connectivity index (χ3n) is 6.56. The number of ether oxygens (including phenoxy) is 1. The summed E-state index contributed by atoms with van der Waals surface area (Å²) in [7, 11) is -3.86. The fourth-order valence-corrected chi connectivity index (χ4v) is 5.86. The molecule has 2 aliphatic heterocycles. The predicted octanol–water partition coefficient (Wildman–Crippen LogP) is 2.73. The SMILES string of the molecule is Cc1cc(C)c(S(=O)(=O)Nc2cc(C(=O)NC[C@H]3CCCO3)ccc2N2CCNCC2)cc1C. The minimum atomic E-state index is -3.86. The van der Waals surface area contributed by atoms with Crippen LogP contribution in [-0.4, -0.2) is 59.8 Å². The Morgan fingerprint density at radius 1 is 1.09 bits per heavy atom. The summed E-state index contributed by atoms with van der Waals surface area (Å²) in [5.41, 5.74) is 4.22. The summed E-state index contributed by atoms with van der Waals surface area (Å²) < 4.78 is 35.3. The monoisotopic (exact) mass is 486 g/mol. The number of benzene rings is 2. The third kappa shape index (κ3) is 5.54. The fourth-order valence-electron chi connectivity index (χ4n) is 4.48. The van der Waals surface area contributed by atoms with Gasteiger partial charge >= 0.3 is 0 Å². The van der Waals surface area contributed by atoms with Gasteiger partial charge in [-0.25, -0.2) is 8.42 Å². The van der Waals surface area contributed by atoms with Crippen molar-refractivity contribution in [2.24, 2.45) is 0 Å². The Morgan fingerprint density at radius 3 is 2.53 bits per heavy atom. The topological polar surface area (TPSA) is 99.8 Å². The summed E-state index contributed by atoms with van der Waals surface area (Å²) >= 11 is 0. The van der Waals surface area contributed by atoms with Crippen molar-refractivity contribution in [1.82, 2.24) is 10.6 Å². The molecule has 2 fully saturated rings. The van der Waals surface area contributed by atoms with E-state index >= 15 is 0 Å². The zero-order valence-electron chi connectivity index (χ0n) is 20.1. The Balaban J connectivity index is 1.64. The lowest BCUT2D eigenvalue weighted by Crippen LogP contribution is -2.43. The van der Waals surface area contributed by atoms with E-state index in [2.05, 4.69) is 20.3 Å². The van der Waals surface area contributed by atoms with Gasteiger partial charge in [0.15, 0.2) is 0 Å². The highest BCUT2D eigenvalue weighted by Gasteiger charge is 2.24. The van der Waals surface area contributed by atoms with Crippen LogP contribution in [0.25, 0.3) is 0 Å². The standard InChI is InChI=1S/C25H34N4O4S/c1-17-13-19(3)24(14-18(17)2)34(31,32)28-22-15-20(25(30)27-16-21-5-4-12-33-21)6-7-23(22)29-10-8-26-9-11-29/h6-7,13-15,21,26,28H,4-5,8-12,16H2,1-3H3,(H,27,30)/t21-/m1/s1. The minimum Gasteiger partial charge on any atom is -0.376 e. The fraction of sp³-hybridized carbons (Fsp3) is 0.480. The van der Waals surface area contributed by atoms with E-state index in [1.807, 2.05) is 26.0 Å². The molecule has 2 aromatic rings. The first kappa shape index (κ1) is 24.5. The van der Waals surface area contributed by atoms with Gasteiger partial charge in [-0.2, -0.15) is 0 Å². The first-order valence-corrected chi connectivity index (χ1v) is 13.3. The molecule has 34 heavy (non-hydrogen) atoms. The van der Waals surface area contributed by atoms with Crippen LogP contribution in [0.1, 0.15) is 39.9 Å². The molecule has 1 atom stereocenters. The van der Waals surface area contributed by atoms with E-state index in [-0.39, 0.29) is 16.9 Å². The van der Waals surface area contributed by atoms with Crippen molar-refractivity contribution in [2.75, 3.05) is 49.0 Å². The molecule has 2 saturated heterocycles. The average molecular weight is 487 g/mol. The number of nitrogens with zero attached hydrogens (tertiary/aromatic N) is 1. The maximum atomic E-state index is 13.4. The Kier molecular flexibility index (Phi) is 7.45. The van der Waals surface area contributed by atoms with Gasteiger partial charge in [0, 0.05) is 44.9 Å². The number of sulfonamides is 1. The molecule has 0 saturated carbocycles. The van der Waals surface area contributed by atoms with Crippen LogP contribution >= 0.6 is 0 Å². The Morgan fingerprint density at radius 2 is 1.82 bits per heavy atom. The van der Waals surface area contributed by atoms with Crippen molar-refractivity contribution in [3.63, 3.8) is 0 Å². The number of carbonyl (C=O) groups is 1. The summed E-state index contributed by atoms with van der Waals surface area (Å²) in [6, 6.07) is 8.81.